The van der Waals surface area contributed by atoms with Crippen LogP contribution < -0.4 is 27.4 Å². The van der Waals surface area contributed by atoms with E-state index >= 15 is 0 Å². The molecule has 4 amide bonds. The minimum Gasteiger partial charge on any atom is -0.480 e. The topological polar surface area (TPSA) is 209 Å². The number of aromatic nitrogens is 1. The number of nitrogens with one attached hydrogen (secondary N) is 4. The van der Waals surface area contributed by atoms with Crippen molar-refractivity contribution in [3.63, 3.8) is 0 Å². The van der Waals surface area contributed by atoms with Crippen molar-refractivity contribution in [3.05, 3.63) is 36.0 Å². The fourth-order valence-electron chi connectivity index (χ4n) is 3.44. The van der Waals surface area contributed by atoms with E-state index in [1.54, 1.807) is 26.1 Å². The summed E-state index contributed by atoms with van der Waals surface area (Å²) in [5.74, 6) is -4.82. The Hall–Kier alpha value is -3.58. The molecule has 13 heteroatoms. The first-order valence-electron chi connectivity index (χ1n) is 11.3. The van der Waals surface area contributed by atoms with Gasteiger partial charge in [-0.15, -0.1) is 0 Å². The van der Waals surface area contributed by atoms with Crippen LogP contribution in [0, 0.1) is 5.92 Å². The number of aliphatic carboxylic acids is 1. The smallest absolute Gasteiger partial charge is 0.326 e. The molecule has 4 unspecified atom stereocenters. The van der Waals surface area contributed by atoms with Crippen LogP contribution >= 0.6 is 12.6 Å². The van der Waals surface area contributed by atoms with E-state index < -0.39 is 60.2 Å². The van der Waals surface area contributed by atoms with Gasteiger partial charge in [-0.25, -0.2) is 4.79 Å². The van der Waals surface area contributed by atoms with E-state index in [0.717, 1.165) is 10.9 Å². The second-order valence-electron chi connectivity index (χ2n) is 8.71. The number of hydrogen-bond donors (Lipinski definition) is 8. The molecule has 1 aromatic carbocycles. The van der Waals surface area contributed by atoms with E-state index in [1.807, 2.05) is 18.2 Å². The number of nitrogens with two attached hydrogens (primary N) is 2. The maximum Gasteiger partial charge on any atom is 0.326 e. The standard InChI is InChI=1S/C23H32N6O6S/c1-11(2)19(25)22(33)29-17(10-36)21(32)27-15(8-18(24)30)20(31)28-16(23(34)35)7-12-9-26-14-6-4-3-5-13(12)14/h3-6,9,11,15-17,19,26,36H,7-8,10,25H2,1-2H3,(H2,24,30)(H,27,32)(H,28,31)(H,29,33)(H,34,35). The van der Waals surface area contributed by atoms with E-state index in [-0.39, 0.29) is 18.1 Å². The molecule has 0 aliphatic carbocycles. The van der Waals surface area contributed by atoms with Crippen LogP contribution in [0.2, 0.25) is 0 Å². The molecular weight excluding hydrogens is 488 g/mol. The number of para-hydroxylation sites is 1. The second-order valence-corrected chi connectivity index (χ2v) is 9.07. The molecule has 0 radical (unpaired) electrons. The Morgan fingerprint density at radius 1 is 0.972 bits per heavy atom. The lowest BCUT2D eigenvalue weighted by Gasteiger charge is -2.24. The molecular formula is C23H32N6O6S. The molecule has 0 aliphatic rings. The Bertz CT molecular complexity index is 1120. The average Bonchev–Trinajstić information content (AvgIpc) is 3.23. The van der Waals surface area contributed by atoms with Gasteiger partial charge in [0.25, 0.3) is 0 Å². The van der Waals surface area contributed by atoms with Crippen molar-refractivity contribution in [1.82, 2.24) is 20.9 Å². The summed E-state index contributed by atoms with van der Waals surface area (Å²) in [6.07, 6.45) is 1.01. The Morgan fingerprint density at radius 3 is 2.14 bits per heavy atom. The SMILES string of the molecule is CC(C)C(N)C(=O)NC(CS)C(=O)NC(CC(N)=O)C(=O)NC(Cc1c[nH]c2ccccc12)C(=O)O. The number of hydrogen-bond acceptors (Lipinski definition) is 7. The molecule has 0 fully saturated rings. The predicted molar refractivity (Wildman–Crippen MR) is 136 cm³/mol. The van der Waals surface area contributed by atoms with Crippen LogP contribution in [0.4, 0.5) is 0 Å². The number of amides is 4. The van der Waals surface area contributed by atoms with Crippen molar-refractivity contribution >= 4 is 53.1 Å². The molecule has 0 spiro atoms. The summed E-state index contributed by atoms with van der Waals surface area (Å²) >= 11 is 4.07. The normalized spacial score (nSPS) is 14.5. The molecule has 2 rings (SSSR count). The molecule has 0 saturated heterocycles. The highest BCUT2D eigenvalue weighted by molar-refractivity contribution is 7.80. The molecule has 196 valence electrons. The lowest BCUT2D eigenvalue weighted by Crippen LogP contribution is -2.58. The van der Waals surface area contributed by atoms with Gasteiger partial charge in [0.15, 0.2) is 0 Å². The van der Waals surface area contributed by atoms with Gasteiger partial charge in [0, 0.05) is 29.3 Å². The molecule has 4 atom stereocenters. The lowest BCUT2D eigenvalue weighted by atomic mass is 10.0. The zero-order valence-electron chi connectivity index (χ0n) is 20.0. The van der Waals surface area contributed by atoms with E-state index in [9.17, 15) is 29.1 Å². The highest BCUT2D eigenvalue weighted by atomic mass is 32.1. The van der Waals surface area contributed by atoms with Gasteiger partial charge in [0.1, 0.15) is 18.1 Å². The van der Waals surface area contributed by atoms with Gasteiger partial charge >= 0.3 is 5.97 Å². The number of thiol groups is 1. The minimum atomic E-state index is -1.47. The summed E-state index contributed by atoms with van der Waals surface area (Å²) in [7, 11) is 0. The number of carbonyl (C=O) groups excluding carboxylic acids is 4. The van der Waals surface area contributed by atoms with Crippen molar-refractivity contribution in [3.8, 4) is 0 Å². The van der Waals surface area contributed by atoms with Gasteiger partial charge in [-0.05, 0) is 17.5 Å². The summed E-state index contributed by atoms with van der Waals surface area (Å²) in [6.45, 7) is 3.48. The Labute approximate surface area is 213 Å². The molecule has 0 saturated carbocycles. The minimum absolute atomic E-state index is 0.0509. The van der Waals surface area contributed by atoms with Gasteiger partial charge in [-0.1, -0.05) is 32.0 Å². The first kappa shape index (κ1) is 28.7. The number of H-pyrrole nitrogens is 1. The molecule has 36 heavy (non-hydrogen) atoms. The first-order valence-corrected chi connectivity index (χ1v) is 11.9. The third-order valence-electron chi connectivity index (χ3n) is 5.59. The van der Waals surface area contributed by atoms with Crippen molar-refractivity contribution in [2.75, 3.05) is 5.75 Å². The third-order valence-corrected chi connectivity index (χ3v) is 5.95. The molecule has 2 aromatic rings. The van der Waals surface area contributed by atoms with E-state index in [0.29, 0.717) is 5.56 Å². The van der Waals surface area contributed by atoms with Crippen LogP contribution in [0.5, 0.6) is 0 Å². The highest BCUT2D eigenvalue weighted by Crippen LogP contribution is 2.19. The monoisotopic (exact) mass is 520 g/mol. The molecule has 9 N–H and O–H groups in total. The highest BCUT2D eigenvalue weighted by Gasteiger charge is 2.31. The van der Waals surface area contributed by atoms with E-state index in [1.165, 1.54) is 0 Å². The number of fused-ring (bicyclic) bond motifs is 1. The fourth-order valence-corrected chi connectivity index (χ4v) is 3.70. The number of carbonyl (C=O) groups is 5. The van der Waals surface area contributed by atoms with Crippen LogP contribution in [-0.2, 0) is 30.4 Å². The second kappa shape index (κ2) is 12.9. The maximum atomic E-state index is 12.9. The van der Waals surface area contributed by atoms with Crippen LogP contribution in [0.1, 0.15) is 25.8 Å². The Morgan fingerprint density at radius 2 is 1.56 bits per heavy atom. The molecule has 1 heterocycles. The van der Waals surface area contributed by atoms with Gasteiger partial charge < -0.3 is 37.5 Å². The summed E-state index contributed by atoms with van der Waals surface area (Å²) in [4.78, 5) is 64.4. The third kappa shape index (κ3) is 7.71. The van der Waals surface area contributed by atoms with Crippen molar-refractivity contribution in [2.45, 2.75) is 50.9 Å². The molecule has 12 nitrogen and oxygen atoms in total. The van der Waals surface area contributed by atoms with Crippen molar-refractivity contribution in [2.24, 2.45) is 17.4 Å². The summed E-state index contributed by atoms with van der Waals surface area (Å²) < 4.78 is 0. The van der Waals surface area contributed by atoms with Crippen molar-refractivity contribution < 1.29 is 29.1 Å². The Kier molecular flexibility index (Phi) is 10.3. The van der Waals surface area contributed by atoms with Gasteiger partial charge in [-0.3, -0.25) is 19.2 Å². The molecule has 0 bridgehead atoms. The fraction of sp³-hybridized carbons (Fsp3) is 0.435. The number of benzene rings is 1. The van der Waals surface area contributed by atoms with Crippen molar-refractivity contribution in [1.29, 1.82) is 0 Å². The number of aromatic amines is 1. The van der Waals surface area contributed by atoms with Crippen LogP contribution in [0.15, 0.2) is 30.5 Å². The quantitative estimate of drug-likeness (QED) is 0.155. The van der Waals surface area contributed by atoms with Crippen LogP contribution in [0.25, 0.3) is 10.9 Å². The number of primary amides is 1. The average molecular weight is 521 g/mol. The summed E-state index contributed by atoms with van der Waals surface area (Å²) in [5, 5.41) is 17.6. The van der Waals surface area contributed by atoms with Gasteiger partial charge in [0.2, 0.25) is 23.6 Å². The van der Waals surface area contributed by atoms with E-state index in [2.05, 4.69) is 33.6 Å². The summed E-state index contributed by atoms with van der Waals surface area (Å²) in [5.41, 5.74) is 12.5. The Balaban J connectivity index is 2.14. The predicted octanol–water partition coefficient (Wildman–Crippen LogP) is -0.962. The maximum absolute atomic E-state index is 12.9. The molecule has 0 aliphatic heterocycles. The lowest BCUT2D eigenvalue weighted by molar-refractivity contribution is -0.142. The number of carboxylic acids is 1. The zero-order chi connectivity index (χ0) is 27.0. The van der Waals surface area contributed by atoms with Gasteiger partial charge in [0.05, 0.1) is 12.5 Å². The first-order chi connectivity index (χ1) is 16.9. The number of carboxylic acid groups (broad SMARTS) is 1. The van der Waals surface area contributed by atoms with E-state index in [4.69, 9.17) is 11.5 Å². The zero-order valence-corrected chi connectivity index (χ0v) is 20.9. The summed E-state index contributed by atoms with van der Waals surface area (Å²) in [6, 6.07) is 2.42. The van der Waals surface area contributed by atoms with Gasteiger partial charge in [-0.2, -0.15) is 12.6 Å². The van der Waals surface area contributed by atoms with Crippen LogP contribution in [-0.4, -0.2) is 69.6 Å². The van der Waals surface area contributed by atoms with Crippen LogP contribution in [0.3, 0.4) is 0 Å². The largest absolute Gasteiger partial charge is 0.480 e. The number of rotatable bonds is 13. The molecule has 1 aromatic heterocycles.